The van der Waals surface area contributed by atoms with E-state index in [1.807, 2.05) is 30.3 Å². The highest BCUT2D eigenvalue weighted by Gasteiger charge is 2.29. The van der Waals surface area contributed by atoms with Crippen LogP contribution in [0.15, 0.2) is 66.0 Å². The first kappa shape index (κ1) is 21.0. The molecule has 1 fully saturated rings. The maximum atomic E-state index is 13.1. The van der Waals surface area contributed by atoms with E-state index in [1.54, 1.807) is 11.3 Å². The van der Waals surface area contributed by atoms with Gasteiger partial charge in [-0.05, 0) is 54.1 Å². The highest BCUT2D eigenvalue weighted by Crippen LogP contribution is 2.37. The average Bonchev–Trinajstić information content (AvgIpc) is 3.46. The van der Waals surface area contributed by atoms with E-state index < -0.39 is 0 Å². The minimum atomic E-state index is -0.122. The van der Waals surface area contributed by atoms with E-state index in [1.165, 1.54) is 5.56 Å². The molecule has 166 valence electrons. The van der Waals surface area contributed by atoms with Crippen LogP contribution in [-0.4, -0.2) is 37.1 Å². The van der Waals surface area contributed by atoms with Crippen molar-refractivity contribution in [2.75, 3.05) is 26.3 Å². The van der Waals surface area contributed by atoms with E-state index in [9.17, 15) is 4.79 Å². The number of ether oxygens (including phenoxy) is 2. The molecule has 5 rings (SSSR count). The van der Waals surface area contributed by atoms with Crippen molar-refractivity contribution in [3.8, 4) is 11.5 Å². The fourth-order valence-electron chi connectivity index (χ4n) is 4.59. The second-order valence-corrected chi connectivity index (χ2v) is 9.29. The number of carbonyl (C=O) groups is 1. The Morgan fingerprint density at radius 3 is 2.69 bits per heavy atom. The monoisotopic (exact) mass is 448 g/mol. The van der Waals surface area contributed by atoms with Crippen molar-refractivity contribution in [2.24, 2.45) is 0 Å². The first-order valence-corrected chi connectivity index (χ1v) is 12.2. The Hall–Kier alpha value is -2.83. The Balaban J connectivity index is 1.30. The Labute approximate surface area is 193 Å². The van der Waals surface area contributed by atoms with Crippen LogP contribution < -0.4 is 14.8 Å². The lowest BCUT2D eigenvalue weighted by Crippen LogP contribution is -2.38. The first-order valence-electron chi connectivity index (χ1n) is 11.3. The molecule has 5 nitrogen and oxygen atoms in total. The molecule has 2 atom stereocenters. The van der Waals surface area contributed by atoms with Crippen LogP contribution in [0.5, 0.6) is 11.5 Å². The molecule has 0 saturated carbocycles. The SMILES string of the molecule is O=C(CN1CCC[C@H]1c1ccc2c(c1)OCCCO2)N[C@H](c1ccccc1)c1cccs1. The predicted molar refractivity (Wildman–Crippen MR) is 126 cm³/mol. The number of nitrogens with zero attached hydrogens (tertiary/aromatic N) is 1. The van der Waals surface area contributed by atoms with E-state index in [0.29, 0.717) is 19.8 Å². The van der Waals surface area contributed by atoms with Gasteiger partial charge in [-0.3, -0.25) is 9.69 Å². The zero-order valence-corrected chi connectivity index (χ0v) is 18.9. The summed E-state index contributed by atoms with van der Waals surface area (Å²) in [5.41, 5.74) is 2.29. The molecule has 1 saturated heterocycles. The Morgan fingerprint density at radius 2 is 1.88 bits per heavy atom. The molecule has 2 aliphatic rings. The number of benzene rings is 2. The minimum absolute atomic E-state index is 0.0495. The van der Waals surface area contributed by atoms with Crippen LogP contribution in [0.2, 0.25) is 0 Å². The molecule has 2 aromatic carbocycles. The van der Waals surface area contributed by atoms with Crippen LogP contribution in [0.25, 0.3) is 0 Å². The van der Waals surface area contributed by atoms with E-state index in [0.717, 1.165) is 47.7 Å². The summed E-state index contributed by atoms with van der Waals surface area (Å²) in [6.07, 6.45) is 3.02. The van der Waals surface area contributed by atoms with Crippen LogP contribution >= 0.6 is 11.3 Å². The quantitative estimate of drug-likeness (QED) is 0.580. The van der Waals surface area contributed by atoms with Gasteiger partial charge in [-0.25, -0.2) is 0 Å². The maximum absolute atomic E-state index is 13.1. The van der Waals surface area contributed by atoms with Gasteiger partial charge in [-0.15, -0.1) is 11.3 Å². The van der Waals surface area contributed by atoms with E-state index in [2.05, 4.69) is 45.9 Å². The van der Waals surface area contributed by atoms with Crippen molar-refractivity contribution < 1.29 is 14.3 Å². The zero-order chi connectivity index (χ0) is 21.8. The minimum Gasteiger partial charge on any atom is -0.490 e. The third-order valence-electron chi connectivity index (χ3n) is 6.13. The first-order chi connectivity index (χ1) is 15.8. The summed E-state index contributed by atoms with van der Waals surface area (Å²) in [6, 6.07) is 20.6. The molecule has 0 bridgehead atoms. The topological polar surface area (TPSA) is 50.8 Å². The number of amides is 1. The summed E-state index contributed by atoms with van der Waals surface area (Å²) in [7, 11) is 0. The molecule has 3 heterocycles. The fraction of sp³-hybridized carbons (Fsp3) is 0.346. The maximum Gasteiger partial charge on any atom is 0.234 e. The van der Waals surface area contributed by atoms with Crippen LogP contribution in [0.3, 0.4) is 0 Å². The van der Waals surface area contributed by atoms with Gasteiger partial charge in [0, 0.05) is 17.3 Å². The molecule has 0 aliphatic carbocycles. The Morgan fingerprint density at radius 1 is 1.03 bits per heavy atom. The number of nitrogens with one attached hydrogen (secondary N) is 1. The summed E-state index contributed by atoms with van der Waals surface area (Å²) < 4.78 is 11.7. The Kier molecular flexibility index (Phi) is 6.41. The number of rotatable bonds is 6. The number of hydrogen-bond donors (Lipinski definition) is 1. The van der Waals surface area contributed by atoms with Gasteiger partial charge in [0.1, 0.15) is 0 Å². The standard InChI is InChI=1S/C26H28N2O3S/c29-25(27-26(24-10-5-16-32-24)19-7-2-1-3-8-19)18-28-13-4-9-21(28)20-11-12-22-23(17-20)31-15-6-14-30-22/h1-3,5,7-8,10-12,16-17,21,26H,4,6,9,13-15,18H2,(H,27,29)/t21-,26+/m0/s1. The average molecular weight is 449 g/mol. The lowest BCUT2D eigenvalue weighted by molar-refractivity contribution is -0.123. The third kappa shape index (κ3) is 4.66. The molecule has 0 radical (unpaired) electrons. The van der Waals surface area contributed by atoms with Crippen molar-refractivity contribution in [1.29, 1.82) is 0 Å². The smallest absolute Gasteiger partial charge is 0.234 e. The van der Waals surface area contributed by atoms with Crippen LogP contribution in [0.1, 0.15) is 47.4 Å². The van der Waals surface area contributed by atoms with Gasteiger partial charge in [0.2, 0.25) is 5.91 Å². The van der Waals surface area contributed by atoms with Crippen molar-refractivity contribution in [3.63, 3.8) is 0 Å². The second kappa shape index (κ2) is 9.76. The fourth-order valence-corrected chi connectivity index (χ4v) is 5.39. The molecule has 0 spiro atoms. The van der Waals surface area contributed by atoms with Crippen LogP contribution in [0, 0.1) is 0 Å². The highest BCUT2D eigenvalue weighted by molar-refractivity contribution is 7.10. The van der Waals surface area contributed by atoms with Crippen molar-refractivity contribution in [2.45, 2.75) is 31.3 Å². The molecule has 3 aromatic rings. The summed E-state index contributed by atoms with van der Waals surface area (Å²) in [5, 5.41) is 5.33. The molecule has 2 aliphatic heterocycles. The third-order valence-corrected chi connectivity index (χ3v) is 7.07. The van der Waals surface area contributed by atoms with Crippen molar-refractivity contribution in [1.82, 2.24) is 10.2 Å². The highest BCUT2D eigenvalue weighted by atomic mass is 32.1. The lowest BCUT2D eigenvalue weighted by Gasteiger charge is -2.26. The molecule has 6 heteroatoms. The van der Waals surface area contributed by atoms with E-state index >= 15 is 0 Å². The second-order valence-electron chi connectivity index (χ2n) is 8.31. The van der Waals surface area contributed by atoms with E-state index in [4.69, 9.17) is 9.47 Å². The largest absolute Gasteiger partial charge is 0.490 e. The van der Waals surface area contributed by atoms with Gasteiger partial charge in [0.25, 0.3) is 0 Å². The van der Waals surface area contributed by atoms with Gasteiger partial charge < -0.3 is 14.8 Å². The summed E-state index contributed by atoms with van der Waals surface area (Å²) in [4.78, 5) is 16.6. The molecule has 0 unspecified atom stereocenters. The number of carbonyl (C=O) groups excluding carboxylic acids is 1. The van der Waals surface area contributed by atoms with Crippen LogP contribution in [-0.2, 0) is 4.79 Å². The van der Waals surface area contributed by atoms with Gasteiger partial charge in [0.05, 0.1) is 25.8 Å². The van der Waals surface area contributed by atoms with Gasteiger partial charge >= 0.3 is 0 Å². The van der Waals surface area contributed by atoms with Crippen molar-refractivity contribution in [3.05, 3.63) is 82.0 Å². The molecule has 1 amide bonds. The normalized spacial score (nSPS) is 19.3. The molecule has 1 aromatic heterocycles. The molecular weight excluding hydrogens is 420 g/mol. The van der Waals surface area contributed by atoms with Gasteiger partial charge in [-0.2, -0.15) is 0 Å². The lowest BCUT2D eigenvalue weighted by atomic mass is 10.0. The molecule has 32 heavy (non-hydrogen) atoms. The number of likely N-dealkylation sites (tertiary alicyclic amines) is 1. The summed E-state index contributed by atoms with van der Waals surface area (Å²) in [6.45, 7) is 2.67. The zero-order valence-electron chi connectivity index (χ0n) is 18.0. The summed E-state index contributed by atoms with van der Waals surface area (Å²) in [5.74, 6) is 1.68. The van der Waals surface area contributed by atoms with Crippen LogP contribution in [0.4, 0.5) is 0 Å². The van der Waals surface area contributed by atoms with Gasteiger partial charge in [0.15, 0.2) is 11.5 Å². The summed E-state index contributed by atoms with van der Waals surface area (Å²) >= 11 is 1.67. The number of thiophene rings is 1. The van der Waals surface area contributed by atoms with E-state index in [-0.39, 0.29) is 18.0 Å². The molecule has 1 N–H and O–H groups in total. The van der Waals surface area contributed by atoms with Gasteiger partial charge in [-0.1, -0.05) is 42.5 Å². The number of hydrogen-bond acceptors (Lipinski definition) is 5. The number of fused-ring (bicyclic) bond motifs is 1. The predicted octanol–water partition coefficient (Wildman–Crippen LogP) is 4.95. The molecular formula is C26H28N2O3S. The Bertz CT molecular complexity index is 1040. The van der Waals surface area contributed by atoms with Crippen molar-refractivity contribution >= 4 is 17.2 Å².